The standard InChI is InChI=1S/C18H24N2O/c1-4-20(12-16-7-9-19-10-8-16)13-18(21)17-6-5-14(2)15(3)11-17/h5-11,18,21H,4,12-13H2,1-3H3. The molecule has 3 nitrogen and oxygen atoms in total. The molecule has 3 heteroatoms. The minimum absolute atomic E-state index is 0.453. The molecule has 0 spiro atoms. The van der Waals surface area contributed by atoms with Gasteiger partial charge in [-0.15, -0.1) is 0 Å². The number of aliphatic hydroxyl groups excluding tert-OH is 1. The first-order valence-electron chi connectivity index (χ1n) is 7.46. The van der Waals surface area contributed by atoms with Crippen molar-refractivity contribution in [2.45, 2.75) is 33.4 Å². The van der Waals surface area contributed by atoms with Crippen LogP contribution in [0.2, 0.25) is 0 Å². The number of nitrogens with zero attached hydrogens (tertiary/aromatic N) is 2. The van der Waals surface area contributed by atoms with Crippen molar-refractivity contribution in [3.63, 3.8) is 0 Å². The Morgan fingerprint density at radius 1 is 1.10 bits per heavy atom. The van der Waals surface area contributed by atoms with E-state index < -0.39 is 6.10 Å². The summed E-state index contributed by atoms with van der Waals surface area (Å²) in [5.41, 5.74) is 4.70. The van der Waals surface area contributed by atoms with Crippen LogP contribution >= 0.6 is 0 Å². The summed E-state index contributed by atoms with van der Waals surface area (Å²) in [7, 11) is 0. The summed E-state index contributed by atoms with van der Waals surface area (Å²) in [5.74, 6) is 0. The third-order valence-corrected chi connectivity index (χ3v) is 3.95. The molecule has 2 rings (SSSR count). The van der Waals surface area contributed by atoms with E-state index in [1.54, 1.807) is 0 Å². The van der Waals surface area contributed by atoms with Crippen LogP contribution in [-0.4, -0.2) is 28.1 Å². The van der Waals surface area contributed by atoms with Crippen LogP contribution in [-0.2, 0) is 6.54 Å². The van der Waals surface area contributed by atoms with Gasteiger partial charge in [-0.25, -0.2) is 0 Å². The fourth-order valence-electron chi connectivity index (χ4n) is 2.37. The van der Waals surface area contributed by atoms with Gasteiger partial charge in [0.25, 0.3) is 0 Å². The van der Waals surface area contributed by atoms with Gasteiger partial charge in [0.15, 0.2) is 0 Å². The predicted molar refractivity (Wildman–Crippen MR) is 86.1 cm³/mol. The molecule has 112 valence electrons. The molecule has 0 aliphatic heterocycles. The Kier molecular flexibility index (Phi) is 5.48. The van der Waals surface area contributed by atoms with Gasteiger partial charge in [-0.1, -0.05) is 25.1 Å². The first kappa shape index (κ1) is 15.7. The van der Waals surface area contributed by atoms with Gasteiger partial charge in [0, 0.05) is 25.5 Å². The van der Waals surface area contributed by atoms with Crippen molar-refractivity contribution in [3.8, 4) is 0 Å². The molecule has 1 unspecified atom stereocenters. The van der Waals surface area contributed by atoms with Crippen LogP contribution in [0.15, 0.2) is 42.7 Å². The first-order chi connectivity index (χ1) is 10.1. The third kappa shape index (κ3) is 4.38. The zero-order valence-electron chi connectivity index (χ0n) is 13.1. The van der Waals surface area contributed by atoms with Crippen LogP contribution in [0.4, 0.5) is 0 Å². The number of benzene rings is 1. The maximum Gasteiger partial charge on any atom is 0.0917 e. The molecule has 0 aliphatic rings. The summed E-state index contributed by atoms with van der Waals surface area (Å²) >= 11 is 0. The molecule has 1 aromatic carbocycles. The minimum atomic E-state index is -0.453. The molecule has 21 heavy (non-hydrogen) atoms. The van der Waals surface area contributed by atoms with Gasteiger partial charge in [-0.05, 0) is 54.8 Å². The quantitative estimate of drug-likeness (QED) is 0.884. The summed E-state index contributed by atoms with van der Waals surface area (Å²) in [6.45, 7) is 8.67. The van der Waals surface area contributed by atoms with E-state index in [2.05, 4.69) is 42.8 Å². The molecule has 1 atom stereocenters. The molecule has 0 bridgehead atoms. The number of likely N-dealkylation sites (N-methyl/N-ethyl adjacent to an activating group) is 1. The number of hydrogen-bond acceptors (Lipinski definition) is 3. The van der Waals surface area contributed by atoms with Crippen LogP contribution < -0.4 is 0 Å². The second-order valence-corrected chi connectivity index (χ2v) is 5.54. The first-order valence-corrected chi connectivity index (χ1v) is 7.46. The molecule has 1 heterocycles. The lowest BCUT2D eigenvalue weighted by Crippen LogP contribution is -2.28. The van der Waals surface area contributed by atoms with Crippen LogP contribution in [0.5, 0.6) is 0 Å². The fourth-order valence-corrected chi connectivity index (χ4v) is 2.37. The van der Waals surface area contributed by atoms with Crippen molar-refractivity contribution in [2.24, 2.45) is 0 Å². The maximum absolute atomic E-state index is 10.5. The van der Waals surface area contributed by atoms with Crippen molar-refractivity contribution in [1.82, 2.24) is 9.88 Å². The number of aromatic nitrogens is 1. The molecular formula is C18H24N2O. The normalized spacial score (nSPS) is 12.6. The monoisotopic (exact) mass is 284 g/mol. The van der Waals surface area contributed by atoms with E-state index in [0.717, 1.165) is 18.7 Å². The highest BCUT2D eigenvalue weighted by atomic mass is 16.3. The highest BCUT2D eigenvalue weighted by molar-refractivity contribution is 5.31. The maximum atomic E-state index is 10.5. The van der Waals surface area contributed by atoms with Gasteiger partial charge in [0.05, 0.1) is 6.10 Å². The Hall–Kier alpha value is -1.71. The molecule has 0 saturated carbocycles. The lowest BCUT2D eigenvalue weighted by Gasteiger charge is -2.24. The van der Waals surface area contributed by atoms with E-state index in [1.165, 1.54) is 16.7 Å². The number of pyridine rings is 1. The summed E-state index contributed by atoms with van der Waals surface area (Å²) in [6, 6.07) is 10.2. The van der Waals surface area contributed by atoms with Crippen molar-refractivity contribution < 1.29 is 5.11 Å². The average molecular weight is 284 g/mol. The largest absolute Gasteiger partial charge is 0.387 e. The number of aliphatic hydroxyl groups is 1. The molecule has 2 aromatic rings. The van der Waals surface area contributed by atoms with Crippen molar-refractivity contribution >= 4 is 0 Å². The van der Waals surface area contributed by atoms with Gasteiger partial charge in [0.2, 0.25) is 0 Å². The van der Waals surface area contributed by atoms with Crippen molar-refractivity contribution in [2.75, 3.05) is 13.1 Å². The Balaban J connectivity index is 2.02. The van der Waals surface area contributed by atoms with Gasteiger partial charge in [-0.3, -0.25) is 9.88 Å². The van der Waals surface area contributed by atoms with Gasteiger partial charge >= 0.3 is 0 Å². The summed E-state index contributed by atoms with van der Waals surface area (Å²) in [6.07, 6.45) is 3.16. The molecule has 0 fully saturated rings. The van der Waals surface area contributed by atoms with Crippen LogP contribution in [0.25, 0.3) is 0 Å². The van der Waals surface area contributed by atoms with E-state index in [9.17, 15) is 5.11 Å². The molecule has 1 N–H and O–H groups in total. The predicted octanol–water partition coefficient (Wildman–Crippen LogP) is 3.25. The molecule has 0 amide bonds. The highest BCUT2D eigenvalue weighted by Gasteiger charge is 2.13. The second-order valence-electron chi connectivity index (χ2n) is 5.54. The van der Waals surface area contributed by atoms with Crippen LogP contribution in [0.3, 0.4) is 0 Å². The molecule has 0 radical (unpaired) electrons. The minimum Gasteiger partial charge on any atom is -0.387 e. The van der Waals surface area contributed by atoms with Gasteiger partial charge < -0.3 is 5.11 Å². The third-order valence-electron chi connectivity index (χ3n) is 3.95. The summed E-state index contributed by atoms with van der Waals surface area (Å²) in [5, 5.41) is 10.5. The Bertz CT molecular complexity index is 569. The van der Waals surface area contributed by atoms with Crippen molar-refractivity contribution in [3.05, 3.63) is 65.0 Å². The van der Waals surface area contributed by atoms with Crippen LogP contribution in [0, 0.1) is 13.8 Å². The van der Waals surface area contributed by atoms with Crippen molar-refractivity contribution in [1.29, 1.82) is 0 Å². The smallest absolute Gasteiger partial charge is 0.0917 e. The van der Waals surface area contributed by atoms with E-state index in [4.69, 9.17) is 0 Å². The molecule has 0 aliphatic carbocycles. The van der Waals surface area contributed by atoms with E-state index in [1.807, 2.05) is 30.6 Å². The summed E-state index contributed by atoms with van der Waals surface area (Å²) < 4.78 is 0. The van der Waals surface area contributed by atoms with Gasteiger partial charge in [-0.2, -0.15) is 0 Å². The van der Waals surface area contributed by atoms with E-state index in [-0.39, 0.29) is 0 Å². The Morgan fingerprint density at radius 3 is 2.43 bits per heavy atom. The Morgan fingerprint density at radius 2 is 1.81 bits per heavy atom. The topological polar surface area (TPSA) is 36.4 Å². The lowest BCUT2D eigenvalue weighted by molar-refractivity contribution is 0.112. The van der Waals surface area contributed by atoms with Gasteiger partial charge in [0.1, 0.15) is 0 Å². The van der Waals surface area contributed by atoms with Crippen LogP contribution in [0.1, 0.15) is 35.3 Å². The summed E-state index contributed by atoms with van der Waals surface area (Å²) in [4.78, 5) is 6.28. The lowest BCUT2D eigenvalue weighted by atomic mass is 10.0. The molecular weight excluding hydrogens is 260 g/mol. The fraction of sp³-hybridized carbons (Fsp3) is 0.389. The zero-order chi connectivity index (χ0) is 15.2. The number of rotatable bonds is 6. The number of aryl methyl sites for hydroxylation is 2. The molecule has 1 aromatic heterocycles. The zero-order valence-corrected chi connectivity index (χ0v) is 13.1. The highest BCUT2D eigenvalue weighted by Crippen LogP contribution is 2.19. The number of hydrogen-bond donors (Lipinski definition) is 1. The van der Waals surface area contributed by atoms with E-state index >= 15 is 0 Å². The SMILES string of the molecule is CCN(Cc1ccncc1)CC(O)c1ccc(C)c(C)c1. The Labute approximate surface area is 127 Å². The molecule has 0 saturated heterocycles. The average Bonchev–Trinajstić information content (AvgIpc) is 2.50. The second kappa shape index (κ2) is 7.34. The van der Waals surface area contributed by atoms with E-state index in [0.29, 0.717) is 6.54 Å².